The Morgan fingerprint density at radius 3 is 2.50 bits per heavy atom. The van der Waals surface area contributed by atoms with E-state index in [1.165, 1.54) is 0 Å². The second kappa shape index (κ2) is 6.80. The second-order valence-electron chi connectivity index (χ2n) is 6.74. The van der Waals surface area contributed by atoms with Crippen molar-refractivity contribution in [1.29, 1.82) is 0 Å². The van der Waals surface area contributed by atoms with Crippen LogP contribution < -0.4 is 4.90 Å². The summed E-state index contributed by atoms with van der Waals surface area (Å²) in [6, 6.07) is 15.1. The summed E-state index contributed by atoms with van der Waals surface area (Å²) in [4.78, 5) is 12.2. The Bertz CT molecular complexity index is 1260. The minimum absolute atomic E-state index is 0.349. The fourth-order valence-electron chi connectivity index (χ4n) is 3.65. The highest BCUT2D eigenvalue weighted by molar-refractivity contribution is 7.89. The molecule has 28 heavy (non-hydrogen) atoms. The van der Waals surface area contributed by atoms with Crippen LogP contribution in [0.5, 0.6) is 0 Å². The van der Waals surface area contributed by atoms with Gasteiger partial charge in [-0.25, -0.2) is 18.4 Å². The van der Waals surface area contributed by atoms with Gasteiger partial charge in [-0.3, -0.25) is 0 Å². The number of fused-ring (bicyclic) bond motifs is 2. The molecule has 0 amide bonds. The third kappa shape index (κ3) is 2.94. The Hall–Kier alpha value is -2.55. The molecule has 0 bridgehead atoms. The van der Waals surface area contributed by atoms with E-state index in [1.807, 2.05) is 41.8 Å². The molecule has 1 saturated heterocycles. The van der Waals surface area contributed by atoms with Crippen molar-refractivity contribution >= 4 is 48.2 Å². The van der Waals surface area contributed by atoms with Crippen LogP contribution >= 0.6 is 11.3 Å². The molecule has 0 unspecified atom stereocenters. The van der Waals surface area contributed by atoms with Crippen LogP contribution in [0.2, 0.25) is 0 Å². The Morgan fingerprint density at radius 1 is 0.893 bits per heavy atom. The van der Waals surface area contributed by atoms with Crippen LogP contribution in [0.25, 0.3) is 21.0 Å². The summed E-state index contributed by atoms with van der Waals surface area (Å²) in [5.74, 6) is 0.883. The quantitative estimate of drug-likeness (QED) is 0.518. The predicted octanol–water partition coefficient (Wildman–Crippen LogP) is 3.36. The number of rotatable bonds is 3. The van der Waals surface area contributed by atoms with Crippen molar-refractivity contribution in [3.63, 3.8) is 0 Å². The molecular weight excluding hydrogens is 392 g/mol. The van der Waals surface area contributed by atoms with Gasteiger partial charge in [-0.1, -0.05) is 30.3 Å². The van der Waals surface area contributed by atoms with E-state index in [0.29, 0.717) is 31.1 Å². The van der Waals surface area contributed by atoms with Gasteiger partial charge < -0.3 is 4.90 Å². The van der Waals surface area contributed by atoms with Gasteiger partial charge >= 0.3 is 0 Å². The third-order valence-electron chi connectivity index (χ3n) is 5.14. The fourth-order valence-corrected chi connectivity index (χ4v) is 5.83. The van der Waals surface area contributed by atoms with Crippen LogP contribution in [0.1, 0.15) is 0 Å². The highest BCUT2D eigenvalue weighted by Crippen LogP contribution is 2.28. The van der Waals surface area contributed by atoms with Crippen LogP contribution in [0.15, 0.2) is 65.1 Å². The molecule has 5 rings (SSSR count). The highest BCUT2D eigenvalue weighted by Gasteiger charge is 2.29. The van der Waals surface area contributed by atoms with Crippen LogP contribution in [0.4, 0.5) is 5.82 Å². The first-order valence-electron chi connectivity index (χ1n) is 9.05. The van der Waals surface area contributed by atoms with E-state index in [1.54, 1.807) is 34.1 Å². The average Bonchev–Trinajstić information content (AvgIpc) is 3.22. The number of benzene rings is 2. The van der Waals surface area contributed by atoms with E-state index in [-0.39, 0.29) is 0 Å². The van der Waals surface area contributed by atoms with Crippen LogP contribution in [-0.2, 0) is 10.0 Å². The largest absolute Gasteiger partial charge is 0.353 e. The molecule has 3 heterocycles. The summed E-state index contributed by atoms with van der Waals surface area (Å²) in [5, 5.41) is 5.00. The number of nitrogens with zero attached hydrogens (tertiary/aromatic N) is 4. The summed E-state index contributed by atoms with van der Waals surface area (Å²) < 4.78 is 27.8. The third-order valence-corrected chi connectivity index (χ3v) is 7.85. The van der Waals surface area contributed by atoms with Gasteiger partial charge in [0.15, 0.2) is 0 Å². The van der Waals surface area contributed by atoms with E-state index >= 15 is 0 Å². The molecule has 8 heteroatoms. The molecule has 0 aliphatic carbocycles. The first-order valence-corrected chi connectivity index (χ1v) is 11.4. The lowest BCUT2D eigenvalue weighted by molar-refractivity contribution is 0.384. The standard InChI is InChI=1S/C20H18N4O2S2/c25-28(26,17-6-5-15-3-1-2-4-16(15)13-17)24-10-8-23(9-11-24)19-18-7-12-27-20(18)22-14-21-19/h1-7,12-14H,8-11H2. The lowest BCUT2D eigenvalue weighted by atomic mass is 10.1. The van der Waals surface area contributed by atoms with Gasteiger partial charge in [-0.05, 0) is 34.4 Å². The number of piperazine rings is 1. The zero-order valence-corrected chi connectivity index (χ0v) is 16.7. The van der Waals surface area contributed by atoms with Crippen LogP contribution in [0.3, 0.4) is 0 Å². The minimum Gasteiger partial charge on any atom is -0.353 e. The molecule has 2 aromatic carbocycles. The van der Waals surface area contributed by atoms with E-state index in [9.17, 15) is 8.42 Å². The van der Waals surface area contributed by atoms with Crippen molar-refractivity contribution in [2.75, 3.05) is 31.1 Å². The summed E-state index contributed by atoms with van der Waals surface area (Å²) in [5.41, 5.74) is 0. The highest BCUT2D eigenvalue weighted by atomic mass is 32.2. The molecule has 0 N–H and O–H groups in total. The lowest BCUT2D eigenvalue weighted by Crippen LogP contribution is -2.49. The van der Waals surface area contributed by atoms with E-state index in [2.05, 4.69) is 14.9 Å². The summed E-state index contributed by atoms with van der Waals surface area (Å²) in [6.07, 6.45) is 1.58. The van der Waals surface area contributed by atoms with Gasteiger partial charge in [0.05, 0.1) is 10.3 Å². The molecule has 2 aromatic heterocycles. The molecule has 0 spiro atoms. The number of hydrogen-bond donors (Lipinski definition) is 0. The zero-order chi connectivity index (χ0) is 19.1. The van der Waals surface area contributed by atoms with Gasteiger partial charge in [-0.15, -0.1) is 11.3 Å². The zero-order valence-electron chi connectivity index (χ0n) is 15.0. The molecule has 0 saturated carbocycles. The number of thiophene rings is 1. The lowest BCUT2D eigenvalue weighted by Gasteiger charge is -2.34. The van der Waals surface area contributed by atoms with Crippen LogP contribution in [-0.4, -0.2) is 48.9 Å². The molecule has 142 valence electrons. The summed E-state index contributed by atoms with van der Waals surface area (Å²) >= 11 is 1.58. The van der Waals surface area contributed by atoms with E-state index in [0.717, 1.165) is 26.8 Å². The first kappa shape index (κ1) is 17.5. The summed E-state index contributed by atoms with van der Waals surface area (Å²) in [6.45, 7) is 2.08. The maximum absolute atomic E-state index is 13.1. The smallest absolute Gasteiger partial charge is 0.243 e. The fraction of sp³-hybridized carbons (Fsp3) is 0.200. The Kier molecular flexibility index (Phi) is 4.26. The monoisotopic (exact) mass is 410 g/mol. The van der Waals surface area contributed by atoms with E-state index < -0.39 is 10.0 Å². The van der Waals surface area contributed by atoms with Crippen LogP contribution in [0, 0.1) is 0 Å². The number of aromatic nitrogens is 2. The molecule has 0 atom stereocenters. The topological polar surface area (TPSA) is 66.4 Å². The van der Waals surface area contributed by atoms with Crippen molar-refractivity contribution in [2.24, 2.45) is 0 Å². The van der Waals surface area contributed by atoms with Gasteiger partial charge in [0.25, 0.3) is 0 Å². The predicted molar refractivity (Wildman–Crippen MR) is 112 cm³/mol. The van der Waals surface area contributed by atoms with Crippen molar-refractivity contribution in [1.82, 2.24) is 14.3 Å². The first-order chi connectivity index (χ1) is 13.6. The van der Waals surface area contributed by atoms with E-state index in [4.69, 9.17) is 0 Å². The molecule has 1 aliphatic rings. The van der Waals surface area contributed by atoms with Gasteiger partial charge in [0.2, 0.25) is 10.0 Å². The molecule has 0 radical (unpaired) electrons. The number of sulfonamides is 1. The minimum atomic E-state index is -3.51. The molecule has 1 fully saturated rings. The molecule has 6 nitrogen and oxygen atoms in total. The van der Waals surface area contributed by atoms with Gasteiger partial charge in [0.1, 0.15) is 17.0 Å². The van der Waals surface area contributed by atoms with Crippen molar-refractivity contribution in [3.8, 4) is 0 Å². The van der Waals surface area contributed by atoms with Crippen molar-refractivity contribution in [3.05, 3.63) is 60.2 Å². The Morgan fingerprint density at radius 2 is 1.68 bits per heavy atom. The van der Waals surface area contributed by atoms with Crippen molar-refractivity contribution < 1.29 is 8.42 Å². The van der Waals surface area contributed by atoms with Gasteiger partial charge in [0, 0.05) is 26.2 Å². The second-order valence-corrected chi connectivity index (χ2v) is 9.57. The molecule has 4 aromatic rings. The normalized spacial score (nSPS) is 16.1. The SMILES string of the molecule is O=S(=O)(c1ccc2ccccc2c1)N1CCN(c2ncnc3sccc23)CC1. The van der Waals surface area contributed by atoms with Gasteiger partial charge in [-0.2, -0.15) is 4.31 Å². The molecule has 1 aliphatic heterocycles. The summed E-state index contributed by atoms with van der Waals surface area (Å²) in [7, 11) is -3.51. The Labute approximate surface area is 167 Å². The number of anilines is 1. The Balaban J connectivity index is 1.38. The maximum atomic E-state index is 13.1. The maximum Gasteiger partial charge on any atom is 0.243 e. The molecular formula is C20H18N4O2S2. The number of hydrogen-bond acceptors (Lipinski definition) is 6. The average molecular weight is 411 g/mol. The van der Waals surface area contributed by atoms with Crippen molar-refractivity contribution in [2.45, 2.75) is 4.90 Å².